The Morgan fingerprint density at radius 1 is 1.14 bits per heavy atom. The summed E-state index contributed by atoms with van der Waals surface area (Å²) in [7, 11) is 0. The quantitative estimate of drug-likeness (QED) is 0.753. The molecular formula is C12H25NO. The topological polar surface area (TPSA) is 23.5 Å². The predicted molar refractivity (Wildman–Crippen MR) is 60.4 cm³/mol. The third-order valence-corrected chi connectivity index (χ3v) is 3.17. The van der Waals surface area contributed by atoms with Gasteiger partial charge in [-0.25, -0.2) is 0 Å². The minimum absolute atomic E-state index is 0.0375. The van der Waals surface area contributed by atoms with Crippen molar-refractivity contribution in [2.45, 2.75) is 52.6 Å². The van der Waals surface area contributed by atoms with Gasteiger partial charge in [0.05, 0.1) is 6.10 Å². The molecular weight excluding hydrogens is 174 g/mol. The Kier molecular flexibility index (Phi) is 4.39. The predicted octanol–water partition coefficient (Wildman–Crippen LogP) is 2.27. The summed E-state index contributed by atoms with van der Waals surface area (Å²) >= 11 is 0. The molecule has 0 aromatic carbocycles. The SMILES string of the molecule is CC(C)(C)C(O)CCN1CCCCC1. The highest BCUT2D eigenvalue weighted by molar-refractivity contribution is 4.75. The van der Waals surface area contributed by atoms with Gasteiger partial charge in [-0.2, -0.15) is 0 Å². The van der Waals surface area contributed by atoms with Crippen LogP contribution in [0.5, 0.6) is 0 Å². The summed E-state index contributed by atoms with van der Waals surface area (Å²) in [5, 5.41) is 9.89. The summed E-state index contributed by atoms with van der Waals surface area (Å²) in [6, 6.07) is 0. The molecule has 1 aliphatic heterocycles. The second-order valence-electron chi connectivity index (χ2n) is 5.57. The van der Waals surface area contributed by atoms with Crippen molar-refractivity contribution >= 4 is 0 Å². The van der Waals surface area contributed by atoms with Crippen LogP contribution in [0.1, 0.15) is 46.5 Å². The van der Waals surface area contributed by atoms with Crippen molar-refractivity contribution in [3.05, 3.63) is 0 Å². The maximum Gasteiger partial charge on any atom is 0.0600 e. The van der Waals surface area contributed by atoms with Crippen LogP contribution in [0.2, 0.25) is 0 Å². The molecule has 14 heavy (non-hydrogen) atoms. The summed E-state index contributed by atoms with van der Waals surface area (Å²) in [5.74, 6) is 0. The first kappa shape index (κ1) is 12.0. The number of likely N-dealkylation sites (tertiary alicyclic amines) is 1. The van der Waals surface area contributed by atoms with Crippen molar-refractivity contribution in [3.63, 3.8) is 0 Å². The number of aliphatic hydroxyl groups excluding tert-OH is 1. The minimum atomic E-state index is -0.163. The van der Waals surface area contributed by atoms with E-state index >= 15 is 0 Å². The first-order chi connectivity index (χ1) is 6.50. The van der Waals surface area contributed by atoms with Gasteiger partial charge in [-0.3, -0.25) is 0 Å². The van der Waals surface area contributed by atoms with Crippen LogP contribution >= 0.6 is 0 Å². The molecule has 1 fully saturated rings. The van der Waals surface area contributed by atoms with Crippen molar-refractivity contribution in [1.29, 1.82) is 0 Å². The molecule has 1 heterocycles. The molecule has 1 aliphatic rings. The van der Waals surface area contributed by atoms with Crippen molar-refractivity contribution in [2.75, 3.05) is 19.6 Å². The Morgan fingerprint density at radius 2 is 1.71 bits per heavy atom. The molecule has 1 saturated heterocycles. The van der Waals surface area contributed by atoms with Crippen LogP contribution in [0.25, 0.3) is 0 Å². The van der Waals surface area contributed by atoms with Crippen LogP contribution in [0.4, 0.5) is 0 Å². The Hall–Kier alpha value is -0.0800. The molecule has 0 aliphatic carbocycles. The van der Waals surface area contributed by atoms with Crippen LogP contribution in [0.15, 0.2) is 0 Å². The molecule has 0 saturated carbocycles. The van der Waals surface area contributed by atoms with E-state index in [2.05, 4.69) is 25.7 Å². The van der Waals surface area contributed by atoms with E-state index in [1.54, 1.807) is 0 Å². The van der Waals surface area contributed by atoms with Gasteiger partial charge in [-0.05, 0) is 37.8 Å². The maximum absolute atomic E-state index is 9.89. The minimum Gasteiger partial charge on any atom is -0.393 e. The van der Waals surface area contributed by atoms with E-state index in [1.165, 1.54) is 32.4 Å². The summed E-state index contributed by atoms with van der Waals surface area (Å²) < 4.78 is 0. The molecule has 0 bridgehead atoms. The largest absolute Gasteiger partial charge is 0.393 e. The normalized spacial score (nSPS) is 22.3. The van der Waals surface area contributed by atoms with Gasteiger partial charge in [0, 0.05) is 6.54 Å². The molecule has 1 N–H and O–H groups in total. The highest BCUT2D eigenvalue weighted by Gasteiger charge is 2.22. The third kappa shape index (κ3) is 3.97. The van der Waals surface area contributed by atoms with Crippen molar-refractivity contribution in [3.8, 4) is 0 Å². The Bertz CT molecular complexity index is 156. The summed E-state index contributed by atoms with van der Waals surface area (Å²) in [6.07, 6.45) is 4.82. The lowest BCUT2D eigenvalue weighted by Crippen LogP contribution is -2.35. The highest BCUT2D eigenvalue weighted by Crippen LogP contribution is 2.22. The van der Waals surface area contributed by atoms with Crippen molar-refractivity contribution in [2.24, 2.45) is 5.41 Å². The van der Waals surface area contributed by atoms with E-state index in [1.807, 2.05) is 0 Å². The fraction of sp³-hybridized carbons (Fsp3) is 1.00. The average Bonchev–Trinajstić information content (AvgIpc) is 2.14. The van der Waals surface area contributed by atoms with Gasteiger partial charge in [0.15, 0.2) is 0 Å². The second kappa shape index (κ2) is 5.13. The summed E-state index contributed by atoms with van der Waals surface area (Å²) in [5.41, 5.74) is 0.0375. The lowest BCUT2D eigenvalue weighted by molar-refractivity contribution is 0.0437. The van der Waals surface area contributed by atoms with E-state index in [9.17, 15) is 5.11 Å². The van der Waals surface area contributed by atoms with Crippen LogP contribution in [-0.2, 0) is 0 Å². The molecule has 2 nitrogen and oxygen atoms in total. The Balaban J connectivity index is 2.19. The van der Waals surface area contributed by atoms with E-state index < -0.39 is 0 Å². The van der Waals surface area contributed by atoms with Crippen LogP contribution in [0.3, 0.4) is 0 Å². The fourth-order valence-electron chi connectivity index (χ4n) is 1.92. The van der Waals surface area contributed by atoms with E-state index in [-0.39, 0.29) is 11.5 Å². The van der Waals surface area contributed by atoms with Gasteiger partial charge >= 0.3 is 0 Å². The number of nitrogens with zero attached hydrogens (tertiary/aromatic N) is 1. The van der Waals surface area contributed by atoms with Gasteiger partial charge in [0.25, 0.3) is 0 Å². The average molecular weight is 199 g/mol. The number of aliphatic hydroxyl groups is 1. The monoisotopic (exact) mass is 199 g/mol. The lowest BCUT2D eigenvalue weighted by atomic mass is 9.87. The van der Waals surface area contributed by atoms with Gasteiger partial charge in [0.2, 0.25) is 0 Å². The zero-order valence-corrected chi connectivity index (χ0v) is 9.92. The van der Waals surface area contributed by atoms with Gasteiger partial charge in [-0.1, -0.05) is 27.2 Å². The lowest BCUT2D eigenvalue weighted by Gasteiger charge is -2.31. The van der Waals surface area contributed by atoms with Crippen molar-refractivity contribution in [1.82, 2.24) is 4.90 Å². The van der Waals surface area contributed by atoms with Crippen LogP contribution < -0.4 is 0 Å². The smallest absolute Gasteiger partial charge is 0.0600 e. The molecule has 0 radical (unpaired) electrons. The Morgan fingerprint density at radius 3 is 2.21 bits per heavy atom. The van der Waals surface area contributed by atoms with Gasteiger partial charge in [-0.15, -0.1) is 0 Å². The van der Waals surface area contributed by atoms with Gasteiger partial charge in [0.1, 0.15) is 0 Å². The Labute approximate surface area is 88.3 Å². The van der Waals surface area contributed by atoms with Crippen LogP contribution in [-0.4, -0.2) is 35.7 Å². The van der Waals surface area contributed by atoms with Crippen LogP contribution in [0, 0.1) is 5.41 Å². The fourth-order valence-corrected chi connectivity index (χ4v) is 1.92. The summed E-state index contributed by atoms with van der Waals surface area (Å²) in [6.45, 7) is 9.85. The van der Waals surface area contributed by atoms with E-state index in [0.717, 1.165) is 13.0 Å². The molecule has 1 atom stereocenters. The number of hydrogen-bond donors (Lipinski definition) is 1. The molecule has 0 amide bonds. The van der Waals surface area contributed by atoms with Gasteiger partial charge < -0.3 is 10.0 Å². The molecule has 2 heteroatoms. The second-order valence-corrected chi connectivity index (χ2v) is 5.57. The zero-order chi connectivity index (χ0) is 10.6. The number of piperidine rings is 1. The molecule has 1 rings (SSSR count). The molecule has 0 spiro atoms. The maximum atomic E-state index is 9.89. The van der Waals surface area contributed by atoms with Crippen molar-refractivity contribution < 1.29 is 5.11 Å². The summed E-state index contributed by atoms with van der Waals surface area (Å²) in [4.78, 5) is 2.48. The first-order valence-corrected chi connectivity index (χ1v) is 5.90. The van der Waals surface area contributed by atoms with E-state index in [0.29, 0.717) is 0 Å². The highest BCUT2D eigenvalue weighted by atomic mass is 16.3. The molecule has 84 valence electrons. The third-order valence-electron chi connectivity index (χ3n) is 3.17. The molecule has 0 aromatic heterocycles. The molecule has 1 unspecified atom stereocenters. The standard InChI is InChI=1S/C12H25NO/c1-12(2,3)11(14)7-10-13-8-5-4-6-9-13/h11,14H,4-10H2,1-3H3. The first-order valence-electron chi connectivity index (χ1n) is 5.90. The molecule has 0 aromatic rings. The zero-order valence-electron chi connectivity index (χ0n) is 9.92. The number of hydrogen-bond acceptors (Lipinski definition) is 2. The van der Waals surface area contributed by atoms with E-state index in [4.69, 9.17) is 0 Å². The number of rotatable bonds is 3.